The Hall–Kier alpha value is -1.18. The van der Waals surface area contributed by atoms with Crippen LogP contribution in [0.5, 0.6) is 0 Å². The highest BCUT2D eigenvalue weighted by Crippen LogP contribution is 2.32. The van der Waals surface area contributed by atoms with Gasteiger partial charge in [0, 0.05) is 5.38 Å². The zero-order valence-electron chi connectivity index (χ0n) is 7.88. The molecule has 0 aliphatic heterocycles. The van der Waals surface area contributed by atoms with Crippen LogP contribution in [0.25, 0.3) is 10.8 Å². The lowest BCUT2D eigenvalue weighted by Gasteiger charge is -2.00. The van der Waals surface area contributed by atoms with Gasteiger partial charge in [0.2, 0.25) is 0 Å². The number of carbonyl (C=O) groups is 1. The number of thiazole rings is 1. The van der Waals surface area contributed by atoms with Gasteiger partial charge in [-0.2, -0.15) is 0 Å². The van der Waals surface area contributed by atoms with Gasteiger partial charge in [0.15, 0.2) is 10.8 Å². The molecule has 0 saturated carbocycles. The number of furan rings is 1. The van der Waals surface area contributed by atoms with Crippen LogP contribution >= 0.6 is 27.3 Å². The molecule has 2 aromatic heterocycles. The van der Waals surface area contributed by atoms with Crippen molar-refractivity contribution in [3.8, 4) is 10.8 Å². The van der Waals surface area contributed by atoms with Gasteiger partial charge < -0.3 is 15.3 Å². The van der Waals surface area contributed by atoms with E-state index in [-0.39, 0.29) is 0 Å². The Morgan fingerprint density at radius 1 is 1.69 bits per heavy atom. The third-order valence-corrected chi connectivity index (χ3v) is 3.40. The summed E-state index contributed by atoms with van der Waals surface area (Å²) in [4.78, 5) is 14.8. The molecule has 2 rings (SSSR count). The second kappa shape index (κ2) is 4.36. The highest BCUT2D eigenvalue weighted by atomic mass is 79.9. The Morgan fingerprint density at radius 2 is 2.44 bits per heavy atom. The lowest BCUT2D eigenvalue weighted by atomic mass is 10.2. The Bertz CT molecular complexity index is 522. The average Bonchev–Trinajstić information content (AvgIpc) is 2.84. The SMILES string of the molecule is NC(C(=O)O)c1csc(-c2occc2Br)n1. The van der Waals surface area contributed by atoms with E-state index in [9.17, 15) is 4.79 Å². The van der Waals surface area contributed by atoms with E-state index in [1.165, 1.54) is 17.6 Å². The Kier molecular flexibility index (Phi) is 3.08. The molecule has 0 spiro atoms. The Morgan fingerprint density at radius 3 is 3.00 bits per heavy atom. The molecule has 0 bridgehead atoms. The standard InChI is InChI=1S/C9H7BrN2O3S/c10-4-1-2-15-7(4)8-12-5(3-16-8)6(11)9(13)14/h1-3,6H,11H2,(H,13,14). The molecular weight excluding hydrogens is 296 g/mol. The summed E-state index contributed by atoms with van der Waals surface area (Å²) in [6.07, 6.45) is 1.53. The first-order valence-electron chi connectivity index (χ1n) is 4.26. The molecular formula is C9H7BrN2O3S. The van der Waals surface area contributed by atoms with Crippen molar-refractivity contribution in [2.24, 2.45) is 5.73 Å². The minimum absolute atomic E-state index is 0.329. The van der Waals surface area contributed by atoms with Gasteiger partial charge in [-0.1, -0.05) is 0 Å². The smallest absolute Gasteiger partial charge is 0.326 e. The summed E-state index contributed by atoms with van der Waals surface area (Å²) in [5.74, 6) is -0.524. The van der Waals surface area contributed by atoms with Gasteiger partial charge in [-0.05, 0) is 22.0 Å². The molecule has 0 amide bonds. The maximum absolute atomic E-state index is 10.7. The maximum Gasteiger partial charge on any atom is 0.326 e. The molecule has 3 N–H and O–H groups in total. The first-order valence-corrected chi connectivity index (χ1v) is 5.94. The van der Waals surface area contributed by atoms with Crippen molar-refractivity contribution < 1.29 is 14.3 Å². The number of halogens is 1. The van der Waals surface area contributed by atoms with Crippen molar-refractivity contribution in [1.29, 1.82) is 0 Å². The third kappa shape index (κ3) is 2.01. The molecule has 0 aromatic carbocycles. The van der Waals surface area contributed by atoms with Crippen molar-refractivity contribution in [3.05, 3.63) is 27.9 Å². The fourth-order valence-corrected chi connectivity index (χ4v) is 2.48. The van der Waals surface area contributed by atoms with Crippen LogP contribution in [0.3, 0.4) is 0 Å². The van der Waals surface area contributed by atoms with Gasteiger partial charge in [-0.15, -0.1) is 11.3 Å². The van der Waals surface area contributed by atoms with Crippen LogP contribution in [0.15, 0.2) is 26.6 Å². The van der Waals surface area contributed by atoms with E-state index >= 15 is 0 Å². The van der Waals surface area contributed by atoms with Gasteiger partial charge in [-0.3, -0.25) is 4.79 Å². The summed E-state index contributed by atoms with van der Waals surface area (Å²) in [7, 11) is 0. The van der Waals surface area contributed by atoms with Crippen LogP contribution in [-0.4, -0.2) is 16.1 Å². The number of hydrogen-bond acceptors (Lipinski definition) is 5. The number of aromatic nitrogens is 1. The van der Waals surface area contributed by atoms with E-state index in [0.29, 0.717) is 16.5 Å². The van der Waals surface area contributed by atoms with Gasteiger partial charge in [-0.25, -0.2) is 4.98 Å². The van der Waals surface area contributed by atoms with E-state index in [4.69, 9.17) is 15.3 Å². The summed E-state index contributed by atoms with van der Waals surface area (Å²) in [6, 6.07) is 0.645. The van der Waals surface area contributed by atoms with Crippen molar-refractivity contribution in [2.75, 3.05) is 0 Å². The summed E-state index contributed by atoms with van der Waals surface area (Å²) < 4.78 is 5.99. The molecule has 0 saturated heterocycles. The van der Waals surface area contributed by atoms with Crippen molar-refractivity contribution in [3.63, 3.8) is 0 Å². The first-order chi connectivity index (χ1) is 7.59. The molecule has 7 heteroatoms. The molecule has 5 nitrogen and oxygen atoms in total. The second-order valence-electron chi connectivity index (χ2n) is 2.99. The summed E-state index contributed by atoms with van der Waals surface area (Å²) in [6.45, 7) is 0. The summed E-state index contributed by atoms with van der Waals surface area (Å²) in [5.41, 5.74) is 5.77. The molecule has 2 heterocycles. The highest BCUT2D eigenvalue weighted by molar-refractivity contribution is 9.10. The van der Waals surface area contributed by atoms with Crippen LogP contribution < -0.4 is 5.73 Å². The number of carboxylic acid groups (broad SMARTS) is 1. The minimum Gasteiger partial charge on any atom is -0.480 e. The van der Waals surface area contributed by atoms with Gasteiger partial charge in [0.05, 0.1) is 16.4 Å². The fraction of sp³-hybridized carbons (Fsp3) is 0.111. The largest absolute Gasteiger partial charge is 0.480 e. The zero-order valence-corrected chi connectivity index (χ0v) is 10.3. The topological polar surface area (TPSA) is 89.4 Å². The molecule has 16 heavy (non-hydrogen) atoms. The Labute approximate surface area is 103 Å². The van der Waals surface area contributed by atoms with Crippen LogP contribution in [-0.2, 0) is 4.79 Å². The molecule has 1 atom stereocenters. The molecule has 2 aromatic rings. The summed E-state index contributed by atoms with van der Waals surface area (Å²) in [5, 5.41) is 11.0. The number of nitrogens with two attached hydrogens (primary N) is 1. The third-order valence-electron chi connectivity index (χ3n) is 1.92. The zero-order chi connectivity index (χ0) is 11.7. The quantitative estimate of drug-likeness (QED) is 0.907. The number of hydrogen-bond donors (Lipinski definition) is 2. The number of nitrogens with zero attached hydrogens (tertiary/aromatic N) is 1. The lowest BCUT2D eigenvalue weighted by molar-refractivity contribution is -0.138. The molecule has 84 valence electrons. The maximum atomic E-state index is 10.7. The average molecular weight is 303 g/mol. The number of rotatable bonds is 3. The van der Waals surface area contributed by atoms with Crippen LogP contribution in [0.1, 0.15) is 11.7 Å². The normalized spacial score (nSPS) is 12.6. The van der Waals surface area contributed by atoms with Gasteiger partial charge in [0.25, 0.3) is 0 Å². The van der Waals surface area contributed by atoms with Crippen molar-refractivity contribution in [1.82, 2.24) is 4.98 Å². The minimum atomic E-state index is -1.10. The predicted octanol–water partition coefficient (Wildman–Crippen LogP) is 2.25. The van der Waals surface area contributed by atoms with E-state index < -0.39 is 12.0 Å². The van der Waals surface area contributed by atoms with E-state index in [0.717, 1.165) is 4.47 Å². The van der Waals surface area contributed by atoms with Crippen LogP contribution in [0.2, 0.25) is 0 Å². The van der Waals surface area contributed by atoms with E-state index in [2.05, 4.69) is 20.9 Å². The molecule has 0 aliphatic carbocycles. The molecule has 1 unspecified atom stereocenters. The van der Waals surface area contributed by atoms with Crippen molar-refractivity contribution in [2.45, 2.75) is 6.04 Å². The van der Waals surface area contributed by atoms with E-state index in [1.807, 2.05) is 0 Å². The lowest BCUT2D eigenvalue weighted by Crippen LogP contribution is -2.20. The molecule has 0 radical (unpaired) electrons. The van der Waals surface area contributed by atoms with Crippen LogP contribution in [0.4, 0.5) is 0 Å². The second-order valence-corrected chi connectivity index (χ2v) is 4.70. The fourth-order valence-electron chi connectivity index (χ4n) is 1.11. The molecule has 0 fully saturated rings. The Balaban J connectivity index is 2.33. The highest BCUT2D eigenvalue weighted by Gasteiger charge is 2.19. The van der Waals surface area contributed by atoms with E-state index in [1.54, 1.807) is 11.4 Å². The van der Waals surface area contributed by atoms with Crippen LogP contribution in [0, 0.1) is 0 Å². The van der Waals surface area contributed by atoms with Gasteiger partial charge in [0.1, 0.15) is 6.04 Å². The number of aliphatic carboxylic acids is 1. The predicted molar refractivity (Wildman–Crippen MR) is 62.1 cm³/mol. The van der Waals surface area contributed by atoms with Crippen molar-refractivity contribution >= 4 is 33.2 Å². The van der Waals surface area contributed by atoms with Gasteiger partial charge >= 0.3 is 5.97 Å². The first kappa shape index (κ1) is 11.3. The monoisotopic (exact) mass is 302 g/mol. The number of carboxylic acids is 1. The molecule has 0 aliphatic rings. The summed E-state index contributed by atoms with van der Waals surface area (Å²) >= 11 is 4.59.